The number of benzene rings is 1. The van der Waals surface area contributed by atoms with Crippen molar-refractivity contribution in [3.05, 3.63) is 51.9 Å². The third-order valence-electron chi connectivity index (χ3n) is 2.81. The SMILES string of the molecule is CCOc1cccnc1S(=O)(=O)NCc1cc(Cl)cc(Cl)c1F. The third kappa shape index (κ3) is 4.32. The molecule has 23 heavy (non-hydrogen) atoms. The van der Waals surface area contributed by atoms with Gasteiger partial charge in [0.05, 0.1) is 11.6 Å². The van der Waals surface area contributed by atoms with Gasteiger partial charge < -0.3 is 4.74 Å². The molecule has 0 saturated heterocycles. The van der Waals surface area contributed by atoms with E-state index in [2.05, 4.69) is 9.71 Å². The van der Waals surface area contributed by atoms with Crippen molar-refractivity contribution in [2.45, 2.75) is 18.5 Å². The number of sulfonamides is 1. The van der Waals surface area contributed by atoms with Gasteiger partial charge in [-0.2, -0.15) is 0 Å². The molecule has 0 atom stereocenters. The fourth-order valence-electron chi connectivity index (χ4n) is 1.82. The maximum absolute atomic E-state index is 13.9. The highest BCUT2D eigenvalue weighted by Gasteiger charge is 2.22. The van der Waals surface area contributed by atoms with Gasteiger partial charge in [0.2, 0.25) is 5.03 Å². The van der Waals surface area contributed by atoms with Crippen molar-refractivity contribution in [3.63, 3.8) is 0 Å². The van der Waals surface area contributed by atoms with Crippen LogP contribution in [0.2, 0.25) is 10.0 Å². The molecule has 2 rings (SSSR count). The number of halogens is 3. The molecule has 0 aliphatic carbocycles. The molecule has 9 heteroatoms. The van der Waals surface area contributed by atoms with Crippen LogP contribution in [0.5, 0.6) is 5.75 Å². The Morgan fingerprint density at radius 1 is 1.35 bits per heavy atom. The van der Waals surface area contributed by atoms with Crippen LogP contribution in [-0.4, -0.2) is 20.0 Å². The van der Waals surface area contributed by atoms with Crippen molar-refractivity contribution >= 4 is 33.2 Å². The molecule has 1 N–H and O–H groups in total. The van der Waals surface area contributed by atoms with Gasteiger partial charge in [0.15, 0.2) is 5.75 Å². The Morgan fingerprint density at radius 3 is 2.78 bits per heavy atom. The summed E-state index contributed by atoms with van der Waals surface area (Å²) in [7, 11) is -3.99. The molecule has 124 valence electrons. The van der Waals surface area contributed by atoms with E-state index in [4.69, 9.17) is 27.9 Å². The molecule has 0 spiro atoms. The van der Waals surface area contributed by atoms with Crippen LogP contribution in [-0.2, 0) is 16.6 Å². The fraction of sp³-hybridized carbons (Fsp3) is 0.214. The van der Waals surface area contributed by atoms with Crippen LogP contribution >= 0.6 is 23.2 Å². The molecule has 1 heterocycles. The zero-order valence-corrected chi connectivity index (χ0v) is 14.3. The maximum Gasteiger partial charge on any atom is 0.262 e. The van der Waals surface area contributed by atoms with Gasteiger partial charge in [0.25, 0.3) is 10.0 Å². The minimum atomic E-state index is -3.99. The largest absolute Gasteiger partial charge is 0.491 e. The zero-order chi connectivity index (χ0) is 17.0. The average molecular weight is 379 g/mol. The molecule has 5 nitrogen and oxygen atoms in total. The van der Waals surface area contributed by atoms with E-state index in [1.54, 1.807) is 13.0 Å². The summed E-state index contributed by atoms with van der Waals surface area (Å²) in [6.45, 7) is 1.68. The second-order valence-electron chi connectivity index (χ2n) is 4.42. The van der Waals surface area contributed by atoms with Gasteiger partial charge in [0.1, 0.15) is 5.82 Å². The molecular formula is C14H13Cl2FN2O3S. The summed E-state index contributed by atoms with van der Waals surface area (Å²) in [5, 5.41) is -0.242. The molecular weight excluding hydrogens is 366 g/mol. The summed E-state index contributed by atoms with van der Waals surface area (Å²) < 4.78 is 46.1. The number of hydrogen-bond donors (Lipinski definition) is 1. The Labute approximate surface area is 143 Å². The van der Waals surface area contributed by atoms with Crippen LogP contribution in [0.25, 0.3) is 0 Å². The van der Waals surface area contributed by atoms with Gasteiger partial charge in [-0.25, -0.2) is 22.5 Å². The highest BCUT2D eigenvalue weighted by molar-refractivity contribution is 7.89. The molecule has 0 aliphatic heterocycles. The van der Waals surface area contributed by atoms with Crippen molar-refractivity contribution in [1.29, 1.82) is 0 Å². The first-order chi connectivity index (χ1) is 10.8. The van der Waals surface area contributed by atoms with E-state index < -0.39 is 15.8 Å². The molecule has 0 amide bonds. The van der Waals surface area contributed by atoms with Gasteiger partial charge in [0, 0.05) is 23.3 Å². The van der Waals surface area contributed by atoms with Crippen LogP contribution in [0, 0.1) is 5.82 Å². The lowest BCUT2D eigenvalue weighted by molar-refractivity contribution is 0.328. The number of ether oxygens (including phenoxy) is 1. The van der Waals surface area contributed by atoms with E-state index in [0.717, 1.165) is 0 Å². The summed E-state index contributed by atoms with van der Waals surface area (Å²) in [6.07, 6.45) is 1.33. The van der Waals surface area contributed by atoms with Gasteiger partial charge in [-0.15, -0.1) is 0 Å². The molecule has 0 saturated carbocycles. The topological polar surface area (TPSA) is 68.3 Å². The van der Waals surface area contributed by atoms with E-state index in [1.807, 2.05) is 0 Å². The summed E-state index contributed by atoms with van der Waals surface area (Å²) >= 11 is 11.5. The molecule has 0 aliphatic rings. The maximum atomic E-state index is 13.9. The lowest BCUT2D eigenvalue weighted by Crippen LogP contribution is -2.25. The number of nitrogens with zero attached hydrogens (tertiary/aromatic N) is 1. The third-order valence-corrected chi connectivity index (χ3v) is 4.64. The predicted octanol–water partition coefficient (Wildman–Crippen LogP) is 3.40. The zero-order valence-electron chi connectivity index (χ0n) is 12.0. The van der Waals surface area contributed by atoms with E-state index in [9.17, 15) is 12.8 Å². The van der Waals surface area contributed by atoms with E-state index >= 15 is 0 Å². The van der Waals surface area contributed by atoms with Crippen molar-refractivity contribution in [2.24, 2.45) is 0 Å². The van der Waals surface area contributed by atoms with Crippen molar-refractivity contribution in [1.82, 2.24) is 9.71 Å². The summed E-state index contributed by atoms with van der Waals surface area (Å²) in [6, 6.07) is 5.58. The summed E-state index contributed by atoms with van der Waals surface area (Å²) in [5.41, 5.74) is 0.0277. The molecule has 0 fully saturated rings. The molecule has 2 aromatic rings. The summed E-state index contributed by atoms with van der Waals surface area (Å²) in [5.74, 6) is -0.614. The molecule has 0 bridgehead atoms. The van der Waals surface area contributed by atoms with Crippen LogP contribution < -0.4 is 9.46 Å². The summed E-state index contributed by atoms with van der Waals surface area (Å²) in [4.78, 5) is 3.82. The van der Waals surface area contributed by atoms with Crippen LogP contribution in [0.4, 0.5) is 4.39 Å². The first kappa shape index (κ1) is 17.9. The normalized spacial score (nSPS) is 11.5. The van der Waals surface area contributed by atoms with E-state index in [0.29, 0.717) is 0 Å². The number of aromatic nitrogens is 1. The Bertz CT molecular complexity index is 816. The number of pyridine rings is 1. The Kier molecular flexibility index (Phi) is 5.80. The highest BCUT2D eigenvalue weighted by Crippen LogP contribution is 2.25. The Morgan fingerprint density at radius 2 is 2.09 bits per heavy atom. The van der Waals surface area contributed by atoms with Crippen molar-refractivity contribution in [3.8, 4) is 5.75 Å². The highest BCUT2D eigenvalue weighted by atomic mass is 35.5. The number of hydrogen-bond acceptors (Lipinski definition) is 4. The van der Waals surface area contributed by atoms with Gasteiger partial charge in [-0.3, -0.25) is 0 Å². The first-order valence-corrected chi connectivity index (χ1v) is 8.80. The lowest BCUT2D eigenvalue weighted by Gasteiger charge is -2.11. The molecule has 1 aromatic carbocycles. The smallest absolute Gasteiger partial charge is 0.262 e. The van der Waals surface area contributed by atoms with Gasteiger partial charge in [-0.05, 0) is 31.2 Å². The molecule has 0 unspecified atom stereocenters. The van der Waals surface area contributed by atoms with Crippen LogP contribution in [0.3, 0.4) is 0 Å². The Balaban J connectivity index is 2.27. The van der Waals surface area contributed by atoms with Crippen LogP contribution in [0.1, 0.15) is 12.5 Å². The Hall–Kier alpha value is -1.41. The second kappa shape index (κ2) is 7.44. The minimum absolute atomic E-state index is 0.0277. The van der Waals surface area contributed by atoms with Gasteiger partial charge in [-0.1, -0.05) is 23.2 Å². The predicted molar refractivity (Wildman–Crippen MR) is 85.9 cm³/mol. The standard InChI is InChI=1S/C14H13Cl2FN2O3S/c1-2-22-12-4-3-5-18-14(12)23(20,21)19-8-9-6-10(15)7-11(16)13(9)17/h3-7,19H,2,8H2,1H3. The van der Waals surface area contributed by atoms with E-state index in [1.165, 1.54) is 24.4 Å². The first-order valence-electron chi connectivity index (χ1n) is 6.56. The monoisotopic (exact) mass is 378 g/mol. The number of rotatable bonds is 6. The number of nitrogens with one attached hydrogen (secondary N) is 1. The average Bonchev–Trinajstić information content (AvgIpc) is 2.50. The molecule has 1 aromatic heterocycles. The van der Waals surface area contributed by atoms with Crippen molar-refractivity contribution < 1.29 is 17.5 Å². The molecule has 0 radical (unpaired) electrons. The lowest BCUT2D eigenvalue weighted by atomic mass is 10.2. The van der Waals surface area contributed by atoms with Crippen molar-refractivity contribution in [2.75, 3.05) is 6.61 Å². The minimum Gasteiger partial charge on any atom is -0.491 e. The van der Waals surface area contributed by atoms with Crippen LogP contribution in [0.15, 0.2) is 35.5 Å². The quantitative estimate of drug-likeness (QED) is 0.782. The fourth-order valence-corrected chi connectivity index (χ4v) is 3.43. The van der Waals surface area contributed by atoms with Gasteiger partial charge >= 0.3 is 0 Å². The van der Waals surface area contributed by atoms with E-state index in [-0.39, 0.29) is 39.5 Å². The second-order valence-corrected chi connectivity index (χ2v) is 6.95.